The lowest BCUT2D eigenvalue weighted by Crippen LogP contribution is -2.42. The second-order valence-electron chi connectivity index (χ2n) is 4.02. The van der Waals surface area contributed by atoms with E-state index in [-0.39, 0.29) is 4.91 Å². The molecule has 1 aromatic rings. The molecule has 9 heteroatoms. The Bertz CT molecular complexity index is 635. The van der Waals surface area contributed by atoms with E-state index in [1.54, 1.807) is 6.07 Å². The van der Waals surface area contributed by atoms with Crippen LogP contribution in [0, 0.1) is 0 Å². The maximum atomic E-state index is 12.2. The molecule has 1 saturated heterocycles. The van der Waals surface area contributed by atoms with E-state index in [0.717, 1.165) is 16.7 Å². The average molecular weight is 439 g/mol. The number of amides is 2. The molecule has 0 bridgehead atoms. The van der Waals surface area contributed by atoms with Gasteiger partial charge in [-0.15, -0.1) is 0 Å². The lowest BCUT2D eigenvalue weighted by atomic mass is 10.3. The zero-order valence-corrected chi connectivity index (χ0v) is 14.9. The van der Waals surface area contributed by atoms with Crippen LogP contribution in [-0.4, -0.2) is 35.2 Å². The van der Waals surface area contributed by atoms with Crippen molar-refractivity contribution in [3.63, 3.8) is 0 Å². The van der Waals surface area contributed by atoms with Crippen LogP contribution in [0.25, 0.3) is 6.08 Å². The highest BCUT2D eigenvalue weighted by Crippen LogP contribution is 2.35. The van der Waals surface area contributed by atoms with Crippen molar-refractivity contribution in [2.45, 2.75) is 13.0 Å². The van der Waals surface area contributed by atoms with E-state index < -0.39 is 23.2 Å². The molecule has 2 rings (SSSR count). The summed E-state index contributed by atoms with van der Waals surface area (Å²) in [7, 11) is 1.20. The Hall–Kier alpha value is -1.06. The Labute approximate surface area is 141 Å². The normalized spacial score (nSPS) is 18.5. The Morgan fingerprint density at radius 2 is 2.14 bits per heavy atom. The maximum absolute atomic E-state index is 12.2. The first-order chi connectivity index (χ1) is 9.85. The molecule has 0 aliphatic carbocycles. The minimum Gasteiger partial charge on any atom is -0.467 e. The molecule has 1 aliphatic rings. The third-order valence-corrected chi connectivity index (χ3v) is 5.28. The monoisotopic (exact) mass is 437 g/mol. The van der Waals surface area contributed by atoms with E-state index >= 15 is 0 Å². The van der Waals surface area contributed by atoms with Gasteiger partial charge < -0.3 is 9.15 Å². The fourth-order valence-corrected chi connectivity index (χ4v) is 3.15. The number of nitrogens with zero attached hydrogens (tertiary/aromatic N) is 1. The SMILES string of the molecule is COC(=O)[C@@H](C)N1C(=O)S/C(=C/c2cc(Br)c(Br)o2)C1=O. The molecule has 2 amide bonds. The minimum atomic E-state index is -0.969. The summed E-state index contributed by atoms with van der Waals surface area (Å²) < 4.78 is 11.1. The second kappa shape index (κ2) is 6.37. The molecule has 0 unspecified atom stereocenters. The first-order valence-corrected chi connectivity index (χ1v) is 8.05. The van der Waals surface area contributed by atoms with Crippen LogP contribution >= 0.6 is 43.6 Å². The molecule has 2 heterocycles. The van der Waals surface area contributed by atoms with Gasteiger partial charge in [-0.25, -0.2) is 4.79 Å². The highest BCUT2D eigenvalue weighted by atomic mass is 79.9. The van der Waals surface area contributed by atoms with Crippen LogP contribution in [0.4, 0.5) is 4.79 Å². The van der Waals surface area contributed by atoms with E-state index in [4.69, 9.17) is 4.42 Å². The molecule has 0 spiro atoms. The second-order valence-corrected chi connectivity index (χ2v) is 6.59. The number of methoxy groups -OCH3 is 1. The smallest absolute Gasteiger partial charge is 0.328 e. The first-order valence-electron chi connectivity index (χ1n) is 5.65. The summed E-state index contributed by atoms with van der Waals surface area (Å²) >= 11 is 7.19. The highest BCUT2D eigenvalue weighted by Gasteiger charge is 2.41. The van der Waals surface area contributed by atoms with Crippen molar-refractivity contribution in [2.75, 3.05) is 7.11 Å². The van der Waals surface area contributed by atoms with Crippen molar-refractivity contribution < 1.29 is 23.5 Å². The lowest BCUT2D eigenvalue weighted by Gasteiger charge is -2.18. The summed E-state index contributed by atoms with van der Waals surface area (Å²) in [6.07, 6.45) is 1.45. The Balaban J connectivity index is 2.27. The number of hydrogen-bond donors (Lipinski definition) is 0. The molecule has 0 saturated carbocycles. The van der Waals surface area contributed by atoms with Gasteiger partial charge in [0.2, 0.25) is 0 Å². The first kappa shape index (κ1) is 16.3. The van der Waals surface area contributed by atoms with E-state index in [0.29, 0.717) is 14.9 Å². The van der Waals surface area contributed by atoms with Gasteiger partial charge in [-0.05, 0) is 56.6 Å². The number of carbonyl (C=O) groups excluding carboxylic acids is 3. The fraction of sp³-hybridized carbons (Fsp3) is 0.250. The van der Waals surface area contributed by atoms with Gasteiger partial charge in [0.25, 0.3) is 11.1 Å². The van der Waals surface area contributed by atoms with Crippen molar-refractivity contribution in [1.82, 2.24) is 4.90 Å². The molecule has 0 radical (unpaired) electrons. The van der Waals surface area contributed by atoms with Gasteiger partial charge >= 0.3 is 5.97 Å². The number of furan rings is 1. The number of imide groups is 1. The molecule has 1 aliphatic heterocycles. The van der Waals surface area contributed by atoms with Crippen LogP contribution < -0.4 is 0 Å². The molecular weight excluding hydrogens is 430 g/mol. The van der Waals surface area contributed by atoms with Gasteiger partial charge in [0.15, 0.2) is 4.67 Å². The van der Waals surface area contributed by atoms with Gasteiger partial charge in [0.05, 0.1) is 16.5 Å². The quantitative estimate of drug-likeness (QED) is 0.531. The Morgan fingerprint density at radius 1 is 1.48 bits per heavy atom. The molecule has 0 aromatic carbocycles. The maximum Gasteiger partial charge on any atom is 0.328 e. The van der Waals surface area contributed by atoms with E-state index in [1.807, 2.05) is 0 Å². The molecule has 1 fully saturated rings. The average Bonchev–Trinajstić information content (AvgIpc) is 2.89. The van der Waals surface area contributed by atoms with Crippen LogP contribution in [0.5, 0.6) is 0 Å². The standard InChI is InChI=1S/C12H9Br2NO5S/c1-5(11(17)19-2)15-10(16)8(21-12(15)18)4-6-3-7(13)9(14)20-6/h3-5H,1-2H3/b8-4+/t5-/m1/s1. The summed E-state index contributed by atoms with van der Waals surface area (Å²) in [6, 6.07) is 0.686. The number of hydrogen-bond acceptors (Lipinski definition) is 6. The van der Waals surface area contributed by atoms with Crippen LogP contribution in [-0.2, 0) is 14.3 Å². The van der Waals surface area contributed by atoms with E-state index in [2.05, 4.69) is 36.6 Å². The minimum absolute atomic E-state index is 0.185. The van der Waals surface area contributed by atoms with Crippen molar-refractivity contribution in [1.29, 1.82) is 0 Å². The molecular formula is C12H9Br2NO5S. The zero-order valence-electron chi connectivity index (χ0n) is 10.9. The molecule has 0 N–H and O–H groups in total. The van der Waals surface area contributed by atoms with Gasteiger partial charge in [0.1, 0.15) is 11.8 Å². The molecule has 112 valence electrons. The predicted octanol–water partition coefficient (Wildman–Crippen LogP) is 3.40. The highest BCUT2D eigenvalue weighted by molar-refractivity contribution is 9.13. The summed E-state index contributed by atoms with van der Waals surface area (Å²) in [6.45, 7) is 1.44. The van der Waals surface area contributed by atoms with Gasteiger partial charge in [-0.3, -0.25) is 14.5 Å². The third kappa shape index (κ3) is 3.24. The van der Waals surface area contributed by atoms with Crippen LogP contribution in [0.2, 0.25) is 0 Å². The molecule has 21 heavy (non-hydrogen) atoms. The van der Waals surface area contributed by atoms with Gasteiger partial charge in [-0.1, -0.05) is 0 Å². The largest absolute Gasteiger partial charge is 0.467 e. The van der Waals surface area contributed by atoms with Crippen LogP contribution in [0.15, 0.2) is 24.5 Å². The molecule has 1 atom stereocenters. The van der Waals surface area contributed by atoms with Crippen molar-refractivity contribution >= 4 is 66.8 Å². The fourth-order valence-electron chi connectivity index (χ4n) is 1.65. The summed E-state index contributed by atoms with van der Waals surface area (Å²) in [5.74, 6) is -0.793. The Morgan fingerprint density at radius 3 is 2.67 bits per heavy atom. The molecule has 6 nitrogen and oxygen atoms in total. The van der Waals surface area contributed by atoms with Crippen LogP contribution in [0.1, 0.15) is 12.7 Å². The number of rotatable bonds is 3. The summed E-state index contributed by atoms with van der Waals surface area (Å²) in [5, 5.41) is -0.520. The molecule has 1 aromatic heterocycles. The predicted molar refractivity (Wildman–Crippen MR) is 83.4 cm³/mol. The number of esters is 1. The van der Waals surface area contributed by atoms with E-state index in [9.17, 15) is 14.4 Å². The topological polar surface area (TPSA) is 76.8 Å². The zero-order chi connectivity index (χ0) is 15.7. The number of thioether (sulfide) groups is 1. The number of carbonyl (C=O) groups is 3. The third-order valence-electron chi connectivity index (χ3n) is 2.69. The van der Waals surface area contributed by atoms with Crippen molar-refractivity contribution in [2.24, 2.45) is 0 Å². The van der Waals surface area contributed by atoms with Crippen LogP contribution in [0.3, 0.4) is 0 Å². The lowest BCUT2D eigenvalue weighted by molar-refractivity contribution is -0.148. The van der Waals surface area contributed by atoms with Crippen molar-refractivity contribution in [3.8, 4) is 0 Å². The van der Waals surface area contributed by atoms with Crippen molar-refractivity contribution in [3.05, 3.63) is 25.9 Å². The summed E-state index contributed by atoms with van der Waals surface area (Å²) in [5.41, 5.74) is 0. The number of halogens is 2. The number of ether oxygens (including phenoxy) is 1. The van der Waals surface area contributed by atoms with Gasteiger partial charge in [-0.2, -0.15) is 0 Å². The van der Waals surface area contributed by atoms with Gasteiger partial charge in [0, 0.05) is 6.08 Å². The Kier molecular flexibility index (Phi) is 4.95. The van der Waals surface area contributed by atoms with E-state index in [1.165, 1.54) is 20.1 Å². The summed E-state index contributed by atoms with van der Waals surface area (Å²) in [4.78, 5) is 36.6.